The molecule has 0 spiro atoms. The third kappa shape index (κ3) is 4.52. The number of hydrogen-bond donors (Lipinski definition) is 2. The van der Waals surface area contributed by atoms with E-state index in [-0.39, 0.29) is 0 Å². The fourth-order valence-electron chi connectivity index (χ4n) is 3.83. The number of aromatic nitrogens is 4. The summed E-state index contributed by atoms with van der Waals surface area (Å²) >= 11 is 6.26. The molecule has 2 aromatic heterocycles. The van der Waals surface area contributed by atoms with Crippen molar-refractivity contribution >= 4 is 40.1 Å². The van der Waals surface area contributed by atoms with Crippen molar-refractivity contribution in [1.29, 1.82) is 0 Å². The molecule has 0 amide bonds. The molecule has 0 saturated carbocycles. The molecule has 0 atom stereocenters. The number of anilines is 3. The molecule has 0 unspecified atom stereocenters. The van der Waals surface area contributed by atoms with Crippen LogP contribution in [0.15, 0.2) is 85.3 Å². The Hall–Kier alpha value is -3.90. The van der Waals surface area contributed by atoms with Crippen LogP contribution in [-0.4, -0.2) is 33.5 Å². The largest absolute Gasteiger partial charge is 0.354 e. The van der Waals surface area contributed by atoms with Crippen LogP contribution in [0, 0.1) is 0 Å². The Morgan fingerprint density at radius 1 is 0.970 bits per heavy atom. The van der Waals surface area contributed by atoms with Gasteiger partial charge in [0.15, 0.2) is 0 Å². The van der Waals surface area contributed by atoms with Gasteiger partial charge in [0, 0.05) is 36.1 Å². The predicted octanol–water partition coefficient (Wildman–Crippen LogP) is 6.10. The normalized spacial score (nSPS) is 11.0. The summed E-state index contributed by atoms with van der Waals surface area (Å²) in [4.78, 5) is 18.9. The van der Waals surface area contributed by atoms with Gasteiger partial charge in [0.25, 0.3) is 0 Å². The third-order valence-electron chi connectivity index (χ3n) is 5.60. The molecule has 0 fully saturated rings. The second kappa shape index (κ2) is 9.30. The minimum atomic E-state index is 0.581. The first-order valence-corrected chi connectivity index (χ1v) is 11.1. The second-order valence-corrected chi connectivity index (χ2v) is 8.13. The first-order valence-electron chi connectivity index (χ1n) is 10.8. The van der Waals surface area contributed by atoms with Gasteiger partial charge >= 0.3 is 0 Å². The van der Waals surface area contributed by atoms with Gasteiger partial charge in [-0.3, -0.25) is 0 Å². The molecular formula is C26H23ClN6. The molecule has 33 heavy (non-hydrogen) atoms. The van der Waals surface area contributed by atoms with Gasteiger partial charge in [0.05, 0.1) is 17.4 Å². The molecule has 164 valence electrons. The molecule has 0 aliphatic carbocycles. The van der Waals surface area contributed by atoms with E-state index in [2.05, 4.69) is 44.5 Å². The Balaban J connectivity index is 1.38. The van der Waals surface area contributed by atoms with Gasteiger partial charge in [-0.05, 0) is 41.8 Å². The highest BCUT2D eigenvalue weighted by atomic mass is 35.5. The van der Waals surface area contributed by atoms with Crippen molar-refractivity contribution in [2.24, 2.45) is 0 Å². The Morgan fingerprint density at radius 3 is 2.64 bits per heavy atom. The number of benzene rings is 3. The fraction of sp³-hybridized carbons (Fsp3) is 0.115. The van der Waals surface area contributed by atoms with E-state index in [9.17, 15) is 0 Å². The van der Waals surface area contributed by atoms with Crippen LogP contribution in [0.2, 0.25) is 5.02 Å². The van der Waals surface area contributed by atoms with Crippen LogP contribution in [-0.2, 0) is 6.42 Å². The van der Waals surface area contributed by atoms with Gasteiger partial charge in [-0.25, -0.2) is 9.97 Å². The maximum absolute atomic E-state index is 6.26. The van der Waals surface area contributed by atoms with Crippen LogP contribution < -0.4 is 10.2 Å². The highest BCUT2D eigenvalue weighted by Crippen LogP contribution is 2.33. The number of rotatable bonds is 7. The molecular weight excluding hydrogens is 432 g/mol. The Bertz CT molecular complexity index is 1380. The summed E-state index contributed by atoms with van der Waals surface area (Å²) in [5.74, 6) is 1.38. The van der Waals surface area contributed by atoms with E-state index in [1.165, 1.54) is 0 Å². The van der Waals surface area contributed by atoms with Crippen molar-refractivity contribution in [2.75, 3.05) is 23.8 Å². The highest BCUT2D eigenvalue weighted by molar-refractivity contribution is 6.31. The molecule has 0 radical (unpaired) electrons. The molecule has 0 aliphatic heterocycles. The maximum Gasteiger partial charge on any atom is 0.224 e. The van der Waals surface area contributed by atoms with Crippen LogP contribution in [0.5, 0.6) is 0 Å². The lowest BCUT2D eigenvalue weighted by molar-refractivity contribution is 0.977. The van der Waals surface area contributed by atoms with Crippen LogP contribution in [0.25, 0.3) is 22.2 Å². The summed E-state index contributed by atoms with van der Waals surface area (Å²) in [7, 11) is 2.00. The molecule has 6 nitrogen and oxygen atoms in total. The van der Waals surface area contributed by atoms with E-state index in [1.54, 1.807) is 12.5 Å². The minimum Gasteiger partial charge on any atom is -0.354 e. The smallest absolute Gasteiger partial charge is 0.224 e. The van der Waals surface area contributed by atoms with Crippen molar-refractivity contribution in [3.05, 3.63) is 95.9 Å². The van der Waals surface area contributed by atoms with Crippen LogP contribution >= 0.6 is 11.6 Å². The standard InChI is InChI=1S/C26H23ClN6/c1-33(20-15-21(18-7-3-2-4-8-18)25-23(16-20)30-17-31-25)24-12-14-29-26(32-24)28-13-11-19-9-5-6-10-22(19)27/h2-10,12,14-17H,11,13H2,1H3,(H,30,31)(H,28,29,32). The third-order valence-corrected chi connectivity index (χ3v) is 5.97. The highest BCUT2D eigenvalue weighted by Gasteiger charge is 2.13. The van der Waals surface area contributed by atoms with Crippen molar-refractivity contribution in [3.8, 4) is 11.1 Å². The van der Waals surface area contributed by atoms with Gasteiger partial charge in [0.1, 0.15) is 5.82 Å². The number of hydrogen-bond acceptors (Lipinski definition) is 5. The molecule has 7 heteroatoms. The molecule has 5 rings (SSSR count). The predicted molar refractivity (Wildman–Crippen MR) is 135 cm³/mol. The number of fused-ring (bicyclic) bond motifs is 1. The van der Waals surface area contributed by atoms with Gasteiger partial charge in [-0.15, -0.1) is 0 Å². The first-order chi connectivity index (χ1) is 16.2. The lowest BCUT2D eigenvalue weighted by atomic mass is 10.0. The molecule has 2 heterocycles. The summed E-state index contributed by atoms with van der Waals surface area (Å²) in [6.45, 7) is 0.690. The Kier molecular flexibility index (Phi) is 5.91. The molecule has 0 bridgehead atoms. The number of halogens is 1. The number of H-pyrrole nitrogens is 1. The van der Waals surface area contributed by atoms with E-state index in [0.717, 1.165) is 50.7 Å². The number of imidazole rings is 1. The first kappa shape index (κ1) is 21.0. The number of nitrogens with one attached hydrogen (secondary N) is 2. The Morgan fingerprint density at radius 2 is 1.79 bits per heavy atom. The summed E-state index contributed by atoms with van der Waals surface area (Å²) in [5, 5.41) is 4.08. The monoisotopic (exact) mass is 454 g/mol. The fourth-order valence-corrected chi connectivity index (χ4v) is 4.06. The van der Waals surface area contributed by atoms with E-state index in [4.69, 9.17) is 16.6 Å². The van der Waals surface area contributed by atoms with E-state index in [1.807, 2.05) is 60.5 Å². The summed E-state index contributed by atoms with van der Waals surface area (Å²) in [5.41, 5.74) is 6.22. The zero-order valence-electron chi connectivity index (χ0n) is 18.2. The molecule has 0 saturated heterocycles. The van der Waals surface area contributed by atoms with Gasteiger partial charge in [-0.1, -0.05) is 60.1 Å². The van der Waals surface area contributed by atoms with Gasteiger partial charge in [-0.2, -0.15) is 4.98 Å². The molecule has 2 N–H and O–H groups in total. The summed E-state index contributed by atoms with van der Waals surface area (Å²) < 4.78 is 0. The quantitative estimate of drug-likeness (QED) is 0.311. The topological polar surface area (TPSA) is 69.7 Å². The van der Waals surface area contributed by atoms with Crippen LogP contribution in [0.4, 0.5) is 17.5 Å². The lowest BCUT2D eigenvalue weighted by Gasteiger charge is -2.20. The van der Waals surface area contributed by atoms with Crippen molar-refractivity contribution in [1.82, 2.24) is 19.9 Å². The average Bonchev–Trinajstić information content (AvgIpc) is 3.34. The van der Waals surface area contributed by atoms with Crippen LogP contribution in [0.3, 0.4) is 0 Å². The summed E-state index contributed by atoms with van der Waals surface area (Å²) in [6, 6.07) is 24.3. The SMILES string of the molecule is CN(c1cc(-c2ccccc2)c2nc[nH]c2c1)c1ccnc(NCCc2ccccc2Cl)n1. The second-order valence-electron chi connectivity index (χ2n) is 7.72. The summed E-state index contributed by atoms with van der Waals surface area (Å²) in [6.07, 6.45) is 4.29. The van der Waals surface area contributed by atoms with Gasteiger partial charge < -0.3 is 15.2 Å². The zero-order valence-corrected chi connectivity index (χ0v) is 18.9. The van der Waals surface area contributed by atoms with Crippen molar-refractivity contribution < 1.29 is 0 Å². The van der Waals surface area contributed by atoms with Gasteiger partial charge in [0.2, 0.25) is 5.95 Å². The van der Waals surface area contributed by atoms with E-state index >= 15 is 0 Å². The van der Waals surface area contributed by atoms with E-state index < -0.39 is 0 Å². The molecule has 3 aromatic carbocycles. The van der Waals surface area contributed by atoms with E-state index in [0.29, 0.717) is 12.5 Å². The average molecular weight is 455 g/mol. The molecule has 5 aromatic rings. The molecule has 0 aliphatic rings. The minimum absolute atomic E-state index is 0.581. The number of aromatic amines is 1. The van der Waals surface area contributed by atoms with Crippen molar-refractivity contribution in [3.63, 3.8) is 0 Å². The number of nitrogens with zero attached hydrogens (tertiary/aromatic N) is 4. The maximum atomic E-state index is 6.26. The zero-order chi connectivity index (χ0) is 22.6. The van der Waals surface area contributed by atoms with Crippen molar-refractivity contribution in [2.45, 2.75) is 6.42 Å². The van der Waals surface area contributed by atoms with Crippen LogP contribution in [0.1, 0.15) is 5.56 Å². The Labute approximate surface area is 197 Å². The lowest BCUT2D eigenvalue weighted by Crippen LogP contribution is -2.14.